The highest BCUT2D eigenvalue weighted by Gasteiger charge is 2.35. The number of thioether (sulfide) groups is 1. The van der Waals surface area contributed by atoms with Crippen molar-refractivity contribution in [3.63, 3.8) is 0 Å². The summed E-state index contributed by atoms with van der Waals surface area (Å²) in [6.07, 6.45) is 1.62. The number of hydrogen-bond donors (Lipinski definition) is 0. The van der Waals surface area contributed by atoms with Gasteiger partial charge in [0.25, 0.3) is 11.1 Å². The molecule has 4 nitrogen and oxygen atoms in total. The zero-order valence-corrected chi connectivity index (χ0v) is 17.8. The number of carbonyl (C=O) groups is 2. The number of hydrogen-bond acceptors (Lipinski definition) is 4. The van der Waals surface area contributed by atoms with Crippen molar-refractivity contribution in [1.29, 1.82) is 0 Å². The average Bonchev–Trinajstić information content (AvgIpc) is 3.35. The van der Waals surface area contributed by atoms with Gasteiger partial charge in [0.05, 0.1) is 11.4 Å². The molecule has 5 rings (SSSR count). The van der Waals surface area contributed by atoms with Gasteiger partial charge >= 0.3 is 0 Å². The quantitative estimate of drug-likeness (QED) is 0.317. The van der Waals surface area contributed by atoms with Crippen molar-refractivity contribution in [3.8, 4) is 11.3 Å². The second-order valence-corrected chi connectivity index (χ2v) is 8.54. The molecule has 1 fully saturated rings. The van der Waals surface area contributed by atoms with Gasteiger partial charge < -0.3 is 4.42 Å². The average molecular weight is 446 g/mol. The molecule has 1 aromatic heterocycles. The van der Waals surface area contributed by atoms with Crippen LogP contribution >= 0.6 is 23.4 Å². The Balaban J connectivity index is 1.39. The summed E-state index contributed by atoms with van der Waals surface area (Å²) in [7, 11) is 0. The van der Waals surface area contributed by atoms with Crippen LogP contribution in [0.1, 0.15) is 11.3 Å². The van der Waals surface area contributed by atoms with Crippen LogP contribution in [0.4, 0.5) is 4.79 Å². The van der Waals surface area contributed by atoms with Crippen molar-refractivity contribution in [2.75, 3.05) is 0 Å². The van der Waals surface area contributed by atoms with E-state index in [0.717, 1.165) is 33.7 Å². The topological polar surface area (TPSA) is 50.5 Å². The van der Waals surface area contributed by atoms with Gasteiger partial charge in [-0.1, -0.05) is 54.1 Å². The Bertz CT molecular complexity index is 1340. The first-order valence-electron chi connectivity index (χ1n) is 9.66. The molecule has 31 heavy (non-hydrogen) atoms. The lowest BCUT2D eigenvalue weighted by Gasteiger charge is -2.14. The highest BCUT2D eigenvalue weighted by atomic mass is 35.5. The second-order valence-electron chi connectivity index (χ2n) is 7.12. The zero-order chi connectivity index (χ0) is 21.4. The Morgan fingerprint density at radius 2 is 1.68 bits per heavy atom. The number of nitrogens with zero attached hydrogens (tertiary/aromatic N) is 1. The Labute approximate surface area is 188 Å². The Hall–Kier alpha value is -3.28. The second kappa shape index (κ2) is 8.10. The van der Waals surface area contributed by atoms with Crippen LogP contribution in [0.3, 0.4) is 0 Å². The van der Waals surface area contributed by atoms with E-state index in [0.29, 0.717) is 21.4 Å². The first kappa shape index (κ1) is 19.7. The fourth-order valence-corrected chi connectivity index (χ4v) is 4.51. The van der Waals surface area contributed by atoms with Crippen molar-refractivity contribution in [3.05, 3.63) is 100 Å². The maximum Gasteiger partial charge on any atom is 0.293 e. The number of carbonyl (C=O) groups excluding carboxylic acids is 2. The minimum atomic E-state index is -0.313. The van der Waals surface area contributed by atoms with Gasteiger partial charge in [0.15, 0.2) is 0 Å². The summed E-state index contributed by atoms with van der Waals surface area (Å²) in [5.74, 6) is 0.867. The van der Waals surface area contributed by atoms with Crippen LogP contribution in [-0.2, 0) is 11.3 Å². The Morgan fingerprint density at radius 1 is 0.903 bits per heavy atom. The molecular formula is C25H16ClNO3S. The lowest BCUT2D eigenvalue weighted by Crippen LogP contribution is -2.27. The molecule has 3 aromatic carbocycles. The van der Waals surface area contributed by atoms with Gasteiger partial charge in [0.1, 0.15) is 11.5 Å². The number of benzene rings is 3. The highest BCUT2D eigenvalue weighted by molar-refractivity contribution is 8.18. The summed E-state index contributed by atoms with van der Waals surface area (Å²) in [6, 6.07) is 24.8. The van der Waals surface area contributed by atoms with Crippen LogP contribution in [0.15, 0.2) is 88.2 Å². The molecule has 2 heterocycles. The molecule has 1 saturated heterocycles. The van der Waals surface area contributed by atoms with E-state index in [-0.39, 0.29) is 17.7 Å². The van der Waals surface area contributed by atoms with E-state index in [1.807, 2.05) is 60.7 Å². The minimum absolute atomic E-state index is 0.234. The van der Waals surface area contributed by atoms with Gasteiger partial charge in [0, 0.05) is 16.7 Å². The third-order valence-electron chi connectivity index (χ3n) is 5.11. The molecule has 0 N–H and O–H groups in total. The maximum atomic E-state index is 12.9. The number of rotatable bonds is 4. The normalized spacial score (nSPS) is 15.4. The van der Waals surface area contributed by atoms with Crippen LogP contribution in [0.25, 0.3) is 28.2 Å². The fraction of sp³-hybridized carbons (Fsp3) is 0.0400. The van der Waals surface area contributed by atoms with E-state index in [1.54, 1.807) is 24.3 Å². The minimum Gasteiger partial charge on any atom is -0.457 e. The van der Waals surface area contributed by atoms with E-state index >= 15 is 0 Å². The molecule has 0 bridgehead atoms. The molecule has 152 valence electrons. The molecule has 0 radical (unpaired) electrons. The van der Waals surface area contributed by atoms with Crippen LogP contribution in [0.5, 0.6) is 0 Å². The maximum absolute atomic E-state index is 12.9. The lowest BCUT2D eigenvalue weighted by atomic mass is 10.0. The van der Waals surface area contributed by atoms with Crippen LogP contribution in [-0.4, -0.2) is 16.0 Å². The van der Waals surface area contributed by atoms with E-state index in [9.17, 15) is 9.59 Å². The molecule has 0 aliphatic carbocycles. The van der Waals surface area contributed by atoms with E-state index in [2.05, 4.69) is 0 Å². The summed E-state index contributed by atoms with van der Waals surface area (Å²) >= 11 is 6.86. The highest BCUT2D eigenvalue weighted by Crippen LogP contribution is 2.35. The monoisotopic (exact) mass is 445 g/mol. The van der Waals surface area contributed by atoms with Crippen molar-refractivity contribution >= 4 is 51.4 Å². The molecule has 1 aliphatic rings. The third kappa shape index (κ3) is 3.90. The zero-order valence-electron chi connectivity index (χ0n) is 16.2. The Kier molecular flexibility index (Phi) is 5.14. The molecular weight excluding hydrogens is 430 g/mol. The molecule has 0 saturated carbocycles. The molecule has 0 atom stereocenters. The van der Waals surface area contributed by atoms with Gasteiger partial charge in [-0.25, -0.2) is 0 Å². The summed E-state index contributed by atoms with van der Waals surface area (Å²) < 4.78 is 5.85. The van der Waals surface area contributed by atoms with Gasteiger partial charge in [-0.3, -0.25) is 14.5 Å². The summed E-state index contributed by atoms with van der Waals surface area (Å²) in [5, 5.41) is 2.48. The number of imide groups is 1. The standard InChI is InChI=1S/C25H16ClNO3S/c26-19-10-8-17(9-11-19)22-13-12-20(30-22)14-23-24(28)27(25(29)31-23)15-18-6-3-5-16-4-1-2-7-21(16)18/h1-14H,15H2/b23-14+. The van der Waals surface area contributed by atoms with Gasteiger partial charge in [-0.2, -0.15) is 0 Å². The van der Waals surface area contributed by atoms with Gasteiger partial charge in [0.2, 0.25) is 0 Å². The molecule has 4 aromatic rings. The summed E-state index contributed by atoms with van der Waals surface area (Å²) in [4.78, 5) is 27.1. The van der Waals surface area contributed by atoms with Crippen LogP contribution < -0.4 is 0 Å². The molecule has 0 spiro atoms. The van der Waals surface area contributed by atoms with E-state index in [1.165, 1.54) is 4.90 Å². The number of fused-ring (bicyclic) bond motifs is 1. The third-order valence-corrected chi connectivity index (χ3v) is 6.27. The van der Waals surface area contributed by atoms with E-state index in [4.69, 9.17) is 16.0 Å². The number of amides is 2. The molecule has 0 unspecified atom stereocenters. The summed E-state index contributed by atoms with van der Waals surface area (Å²) in [6.45, 7) is 0.234. The first-order chi connectivity index (χ1) is 15.1. The van der Waals surface area contributed by atoms with Crippen LogP contribution in [0.2, 0.25) is 5.02 Å². The summed E-state index contributed by atoms with van der Waals surface area (Å²) in [5.41, 5.74) is 1.82. The van der Waals surface area contributed by atoms with Crippen molar-refractivity contribution < 1.29 is 14.0 Å². The molecule has 2 amide bonds. The predicted molar refractivity (Wildman–Crippen MR) is 125 cm³/mol. The predicted octanol–water partition coefficient (Wildman–Crippen LogP) is 6.99. The number of furan rings is 1. The fourth-order valence-electron chi connectivity index (χ4n) is 3.57. The lowest BCUT2D eigenvalue weighted by molar-refractivity contribution is -0.123. The number of halogens is 1. The van der Waals surface area contributed by atoms with Crippen molar-refractivity contribution in [1.82, 2.24) is 4.90 Å². The van der Waals surface area contributed by atoms with Crippen molar-refractivity contribution in [2.24, 2.45) is 0 Å². The smallest absolute Gasteiger partial charge is 0.293 e. The SMILES string of the molecule is O=C1S/C(=C/c2ccc(-c3ccc(Cl)cc3)o2)C(=O)N1Cc1cccc2ccccc12. The molecule has 6 heteroatoms. The van der Waals surface area contributed by atoms with Crippen LogP contribution in [0, 0.1) is 0 Å². The first-order valence-corrected chi connectivity index (χ1v) is 10.9. The van der Waals surface area contributed by atoms with Gasteiger partial charge in [-0.15, -0.1) is 0 Å². The Morgan fingerprint density at radius 3 is 2.52 bits per heavy atom. The van der Waals surface area contributed by atoms with Crippen molar-refractivity contribution in [2.45, 2.75) is 6.54 Å². The molecule has 1 aliphatic heterocycles. The largest absolute Gasteiger partial charge is 0.457 e. The van der Waals surface area contributed by atoms with Gasteiger partial charge in [-0.05, 0) is 64.5 Å². The van der Waals surface area contributed by atoms with E-state index < -0.39 is 0 Å².